The summed E-state index contributed by atoms with van der Waals surface area (Å²) in [4.78, 5) is 0. The summed E-state index contributed by atoms with van der Waals surface area (Å²) in [6, 6.07) is 14.7. The van der Waals surface area contributed by atoms with Crippen molar-refractivity contribution in [2.24, 2.45) is 0 Å². The highest BCUT2D eigenvalue weighted by Crippen LogP contribution is 2.26. The normalized spacial score (nSPS) is 13.9. The summed E-state index contributed by atoms with van der Waals surface area (Å²) in [5, 5.41) is 19.1. The van der Waals surface area contributed by atoms with E-state index in [9.17, 15) is 10.2 Å². The minimum absolute atomic E-state index is 0.521. The molecule has 0 heterocycles. The van der Waals surface area contributed by atoms with Gasteiger partial charge in [-0.3, -0.25) is 0 Å². The van der Waals surface area contributed by atoms with Gasteiger partial charge >= 0.3 is 0 Å². The van der Waals surface area contributed by atoms with Gasteiger partial charge < -0.3 is 14.9 Å². The number of aliphatic hydroxyl groups excluding tert-OH is 2. The predicted octanol–water partition coefficient (Wildman–Crippen LogP) is 3.59. The van der Waals surface area contributed by atoms with Crippen LogP contribution in [0.4, 0.5) is 0 Å². The molecular formula is C16H18O3. The fraction of sp³-hybridized carbons (Fsp3) is 0.250. The Labute approximate surface area is 113 Å². The van der Waals surface area contributed by atoms with Crippen LogP contribution in [0.5, 0.6) is 11.5 Å². The van der Waals surface area contributed by atoms with Crippen molar-refractivity contribution in [1.82, 2.24) is 0 Å². The number of hydrogen-bond acceptors (Lipinski definition) is 3. The lowest BCUT2D eigenvalue weighted by atomic mass is 10.1. The molecule has 0 aliphatic rings. The number of aliphatic hydroxyl groups is 2. The van der Waals surface area contributed by atoms with E-state index in [0.717, 1.165) is 11.1 Å². The smallest absolute Gasteiger partial charge is 0.127 e. The minimum Gasteiger partial charge on any atom is -0.457 e. The van der Waals surface area contributed by atoms with Crippen molar-refractivity contribution in [3.05, 3.63) is 59.7 Å². The van der Waals surface area contributed by atoms with Crippen molar-refractivity contribution < 1.29 is 14.9 Å². The van der Waals surface area contributed by atoms with Crippen LogP contribution in [0, 0.1) is 0 Å². The van der Waals surface area contributed by atoms with Crippen LogP contribution >= 0.6 is 0 Å². The van der Waals surface area contributed by atoms with E-state index in [1.807, 2.05) is 36.4 Å². The quantitative estimate of drug-likeness (QED) is 0.881. The molecule has 0 saturated carbocycles. The lowest BCUT2D eigenvalue weighted by molar-refractivity contribution is 0.199. The zero-order valence-electron chi connectivity index (χ0n) is 11.1. The molecule has 2 atom stereocenters. The first kappa shape index (κ1) is 13.6. The van der Waals surface area contributed by atoms with E-state index in [0.29, 0.717) is 11.5 Å². The van der Waals surface area contributed by atoms with Crippen molar-refractivity contribution in [2.45, 2.75) is 26.1 Å². The van der Waals surface area contributed by atoms with Gasteiger partial charge in [0.05, 0.1) is 12.2 Å². The lowest BCUT2D eigenvalue weighted by Gasteiger charge is -2.11. The average molecular weight is 258 g/mol. The van der Waals surface area contributed by atoms with E-state index in [2.05, 4.69) is 0 Å². The zero-order valence-corrected chi connectivity index (χ0v) is 11.1. The van der Waals surface area contributed by atoms with E-state index in [1.165, 1.54) is 0 Å². The van der Waals surface area contributed by atoms with Crippen LogP contribution in [0.2, 0.25) is 0 Å². The molecule has 0 radical (unpaired) electrons. The molecule has 0 bridgehead atoms. The summed E-state index contributed by atoms with van der Waals surface area (Å²) in [7, 11) is 0. The molecule has 100 valence electrons. The SMILES string of the molecule is C[C@H](O)c1cccc(Oc2cccc([C@H](C)O)c2)c1. The molecule has 0 saturated heterocycles. The van der Waals surface area contributed by atoms with Crippen molar-refractivity contribution in [2.75, 3.05) is 0 Å². The highest BCUT2D eigenvalue weighted by Gasteiger charge is 2.05. The van der Waals surface area contributed by atoms with Gasteiger partial charge in [-0.1, -0.05) is 24.3 Å². The molecule has 3 nitrogen and oxygen atoms in total. The number of benzene rings is 2. The third-order valence-electron chi connectivity index (χ3n) is 2.92. The van der Waals surface area contributed by atoms with E-state index < -0.39 is 12.2 Å². The third-order valence-corrected chi connectivity index (χ3v) is 2.92. The fourth-order valence-electron chi connectivity index (χ4n) is 1.81. The summed E-state index contributed by atoms with van der Waals surface area (Å²) in [6.07, 6.45) is -1.04. The van der Waals surface area contributed by atoms with Crippen LogP contribution < -0.4 is 4.74 Å². The lowest BCUT2D eigenvalue weighted by Crippen LogP contribution is -1.93. The van der Waals surface area contributed by atoms with Crippen molar-refractivity contribution in [3.63, 3.8) is 0 Å². The molecule has 0 aliphatic carbocycles. The summed E-state index contributed by atoms with van der Waals surface area (Å²) >= 11 is 0. The fourth-order valence-corrected chi connectivity index (χ4v) is 1.81. The molecule has 0 spiro atoms. The van der Waals surface area contributed by atoms with E-state index in [1.54, 1.807) is 26.0 Å². The molecule has 2 N–H and O–H groups in total. The Morgan fingerprint density at radius 1 is 0.789 bits per heavy atom. The molecule has 19 heavy (non-hydrogen) atoms. The molecular weight excluding hydrogens is 240 g/mol. The van der Waals surface area contributed by atoms with Gasteiger partial charge in [0.1, 0.15) is 11.5 Å². The number of rotatable bonds is 4. The summed E-state index contributed by atoms with van der Waals surface area (Å²) in [5.74, 6) is 1.34. The average Bonchev–Trinajstić information content (AvgIpc) is 2.39. The first-order chi connectivity index (χ1) is 9.06. The topological polar surface area (TPSA) is 49.7 Å². The Balaban J connectivity index is 2.21. The van der Waals surface area contributed by atoms with Gasteiger partial charge in [-0.25, -0.2) is 0 Å². The van der Waals surface area contributed by atoms with Crippen molar-refractivity contribution in [1.29, 1.82) is 0 Å². The van der Waals surface area contributed by atoms with E-state index >= 15 is 0 Å². The van der Waals surface area contributed by atoms with Crippen LogP contribution in [0.1, 0.15) is 37.2 Å². The second-order valence-electron chi connectivity index (χ2n) is 4.60. The van der Waals surface area contributed by atoms with Gasteiger partial charge in [-0.2, -0.15) is 0 Å². The van der Waals surface area contributed by atoms with Crippen molar-refractivity contribution >= 4 is 0 Å². The van der Waals surface area contributed by atoms with Gasteiger partial charge in [-0.05, 0) is 49.2 Å². The molecule has 0 fully saturated rings. The Morgan fingerprint density at radius 3 is 1.58 bits per heavy atom. The monoisotopic (exact) mass is 258 g/mol. The minimum atomic E-state index is -0.521. The molecule has 0 aromatic heterocycles. The van der Waals surface area contributed by atoms with Gasteiger partial charge in [0.2, 0.25) is 0 Å². The molecule has 2 aromatic rings. The maximum Gasteiger partial charge on any atom is 0.127 e. The molecule has 2 aromatic carbocycles. The Morgan fingerprint density at radius 2 is 1.21 bits per heavy atom. The summed E-state index contributed by atoms with van der Waals surface area (Å²) in [5.41, 5.74) is 1.62. The van der Waals surface area contributed by atoms with Gasteiger partial charge in [0, 0.05) is 0 Å². The van der Waals surface area contributed by atoms with Gasteiger partial charge in [-0.15, -0.1) is 0 Å². The number of ether oxygens (including phenoxy) is 1. The zero-order chi connectivity index (χ0) is 13.8. The Kier molecular flexibility index (Phi) is 4.20. The first-order valence-electron chi connectivity index (χ1n) is 6.30. The second-order valence-corrected chi connectivity index (χ2v) is 4.60. The maximum atomic E-state index is 9.54. The second kappa shape index (κ2) is 5.87. The van der Waals surface area contributed by atoms with Crippen LogP contribution in [0.3, 0.4) is 0 Å². The number of hydrogen-bond donors (Lipinski definition) is 2. The van der Waals surface area contributed by atoms with Crippen LogP contribution in [-0.2, 0) is 0 Å². The molecule has 0 amide bonds. The molecule has 3 heteroatoms. The van der Waals surface area contributed by atoms with E-state index in [-0.39, 0.29) is 0 Å². The Hall–Kier alpha value is -1.84. The van der Waals surface area contributed by atoms with Crippen LogP contribution in [0.25, 0.3) is 0 Å². The van der Waals surface area contributed by atoms with Crippen LogP contribution in [0.15, 0.2) is 48.5 Å². The largest absolute Gasteiger partial charge is 0.457 e. The van der Waals surface area contributed by atoms with Crippen molar-refractivity contribution in [3.8, 4) is 11.5 Å². The maximum absolute atomic E-state index is 9.54. The summed E-state index contributed by atoms with van der Waals surface area (Å²) in [6.45, 7) is 3.43. The highest BCUT2D eigenvalue weighted by atomic mass is 16.5. The first-order valence-corrected chi connectivity index (χ1v) is 6.30. The third kappa shape index (κ3) is 3.56. The highest BCUT2D eigenvalue weighted by molar-refractivity contribution is 5.36. The standard InChI is InChI=1S/C16H18O3/c1-11(17)13-5-3-7-15(9-13)19-16-8-4-6-14(10-16)12(2)18/h3-12,17-18H,1-2H3/t11-,12-/m0/s1. The molecule has 0 unspecified atom stereocenters. The predicted molar refractivity (Wildman–Crippen MR) is 74.2 cm³/mol. The van der Waals surface area contributed by atoms with Gasteiger partial charge in [0.15, 0.2) is 0 Å². The Bertz CT molecular complexity index is 498. The molecule has 0 aliphatic heterocycles. The van der Waals surface area contributed by atoms with Crippen LogP contribution in [-0.4, -0.2) is 10.2 Å². The van der Waals surface area contributed by atoms with E-state index in [4.69, 9.17) is 4.74 Å². The van der Waals surface area contributed by atoms with Gasteiger partial charge in [0.25, 0.3) is 0 Å². The molecule has 2 rings (SSSR count). The summed E-state index contributed by atoms with van der Waals surface area (Å²) < 4.78 is 5.74.